The van der Waals surface area contributed by atoms with Crippen LogP contribution in [0, 0.1) is 18.6 Å². The summed E-state index contributed by atoms with van der Waals surface area (Å²) < 4.78 is 85.9. The molecule has 4 aromatic rings. The summed E-state index contributed by atoms with van der Waals surface area (Å²) in [6.07, 6.45) is -2.25. The maximum atomic E-state index is 14.1. The second kappa shape index (κ2) is 16.6. The van der Waals surface area contributed by atoms with E-state index in [1.807, 2.05) is 6.07 Å². The van der Waals surface area contributed by atoms with E-state index in [2.05, 4.69) is 31.2 Å². The molecule has 0 bridgehead atoms. The molecule has 15 nitrogen and oxygen atoms in total. The number of anilines is 3. The van der Waals surface area contributed by atoms with Crippen molar-refractivity contribution in [3.05, 3.63) is 76.8 Å². The van der Waals surface area contributed by atoms with E-state index in [0.717, 1.165) is 17.3 Å². The Balaban J connectivity index is 0.868. The molecule has 1 unspecified atom stereocenters. The maximum Gasteiger partial charge on any atom is 0.416 e. The van der Waals surface area contributed by atoms with Crippen molar-refractivity contribution in [1.29, 1.82) is 0 Å². The molecule has 5 N–H and O–H groups in total. The van der Waals surface area contributed by atoms with E-state index in [9.17, 15) is 41.1 Å². The Morgan fingerprint density at radius 3 is 2.44 bits per heavy atom. The zero-order valence-electron chi connectivity index (χ0n) is 29.1. The molecular weight excluding hydrogens is 739 g/mol. The third kappa shape index (κ3) is 9.08. The van der Waals surface area contributed by atoms with Gasteiger partial charge in [-0.25, -0.2) is 23.5 Å². The average molecular weight is 775 g/mol. The molecule has 2 aliphatic rings. The smallest absolute Gasteiger partial charge is 0.416 e. The van der Waals surface area contributed by atoms with Crippen LogP contribution in [0.25, 0.3) is 11.0 Å². The molecule has 2 aromatic carbocycles. The van der Waals surface area contributed by atoms with Crippen LogP contribution in [0.1, 0.15) is 46.1 Å². The third-order valence-electron chi connectivity index (χ3n) is 8.81. The lowest BCUT2D eigenvalue weighted by molar-refractivity contribution is -0.158. The highest BCUT2D eigenvalue weighted by atomic mass is 19.4. The van der Waals surface area contributed by atoms with Crippen molar-refractivity contribution >= 4 is 52.0 Å². The number of benzene rings is 2. The molecule has 2 aliphatic heterocycles. The molecule has 292 valence electrons. The highest BCUT2D eigenvalue weighted by Gasteiger charge is 2.46. The number of nitrogens with one attached hydrogen (secondary N) is 5. The van der Waals surface area contributed by atoms with Crippen molar-refractivity contribution in [2.45, 2.75) is 44.6 Å². The number of carbonyl (C=O) groups is 4. The van der Waals surface area contributed by atoms with Crippen LogP contribution in [-0.4, -0.2) is 90.4 Å². The molecule has 2 atom stereocenters. The number of amides is 5. The van der Waals surface area contributed by atoms with Crippen LogP contribution < -0.4 is 26.6 Å². The lowest BCUT2D eigenvalue weighted by Gasteiger charge is -2.29. The van der Waals surface area contributed by atoms with Gasteiger partial charge in [0.2, 0.25) is 17.8 Å². The van der Waals surface area contributed by atoms with Gasteiger partial charge in [0.1, 0.15) is 17.6 Å². The molecule has 55 heavy (non-hydrogen) atoms. The molecule has 5 amide bonds. The van der Waals surface area contributed by atoms with Crippen molar-refractivity contribution in [3.8, 4) is 0 Å². The van der Waals surface area contributed by atoms with Crippen LogP contribution in [0.15, 0.2) is 47.1 Å². The molecular formula is C35H35F5N8O7. The molecule has 1 fully saturated rings. The topological polar surface area (TPSA) is 189 Å². The molecule has 0 aliphatic carbocycles. The Morgan fingerprint density at radius 1 is 1.04 bits per heavy atom. The van der Waals surface area contributed by atoms with Gasteiger partial charge in [-0.1, -0.05) is 6.07 Å². The number of piperidine rings is 1. The quantitative estimate of drug-likeness (QED) is 0.0648. The average Bonchev–Trinajstić information content (AvgIpc) is 3.64. The first-order valence-electron chi connectivity index (χ1n) is 17.0. The summed E-state index contributed by atoms with van der Waals surface area (Å²) in [6, 6.07) is 1.99. The molecule has 0 saturated carbocycles. The number of imide groups is 1. The van der Waals surface area contributed by atoms with E-state index < -0.39 is 53.2 Å². The first kappa shape index (κ1) is 38.8. The second-order valence-electron chi connectivity index (χ2n) is 12.5. The predicted octanol–water partition coefficient (Wildman–Crippen LogP) is 4.55. The number of urea groups is 1. The van der Waals surface area contributed by atoms with Gasteiger partial charge in [0.15, 0.2) is 17.4 Å². The number of fused-ring (bicyclic) bond motifs is 2. The van der Waals surface area contributed by atoms with Gasteiger partial charge in [-0.05, 0) is 31.5 Å². The minimum Gasteiger partial charge on any atom is -0.455 e. The van der Waals surface area contributed by atoms with Crippen LogP contribution in [0.5, 0.6) is 0 Å². The summed E-state index contributed by atoms with van der Waals surface area (Å²) in [5.41, 5.74) is 1.26. The maximum absolute atomic E-state index is 14.1. The largest absolute Gasteiger partial charge is 0.455 e. The molecule has 0 radical (unpaired) electrons. The van der Waals surface area contributed by atoms with Gasteiger partial charge in [-0.3, -0.25) is 19.7 Å². The van der Waals surface area contributed by atoms with Gasteiger partial charge in [0, 0.05) is 59.9 Å². The molecule has 20 heteroatoms. The van der Waals surface area contributed by atoms with E-state index in [1.54, 1.807) is 17.4 Å². The molecule has 4 heterocycles. The van der Waals surface area contributed by atoms with Crippen LogP contribution in [0.4, 0.5) is 44.1 Å². The van der Waals surface area contributed by atoms with Gasteiger partial charge in [0.25, 0.3) is 5.91 Å². The SMILES string of the molecule is Cc1c([C@@H](NC(=O)Nc2cnc(NCCOCCOCCNc3cccc4c3CN(C3CCC(=O)NC3=O)C4=O)nc2)C(F)(F)F)oc2c(F)cc(F)cc12. The highest BCUT2D eigenvalue weighted by Crippen LogP contribution is 2.39. The summed E-state index contributed by atoms with van der Waals surface area (Å²) in [7, 11) is 0. The number of alkyl halides is 3. The Morgan fingerprint density at radius 2 is 1.75 bits per heavy atom. The number of nitrogens with zero attached hydrogens (tertiary/aromatic N) is 3. The first-order chi connectivity index (χ1) is 26.3. The van der Waals surface area contributed by atoms with E-state index >= 15 is 0 Å². The Labute approximate surface area is 309 Å². The number of hydrogen-bond acceptors (Lipinski definition) is 11. The van der Waals surface area contributed by atoms with E-state index in [0.29, 0.717) is 37.9 Å². The Hall–Kier alpha value is -5.89. The Bertz CT molecular complexity index is 2080. The zero-order chi connectivity index (χ0) is 39.3. The zero-order valence-corrected chi connectivity index (χ0v) is 29.1. The number of furan rings is 1. The summed E-state index contributed by atoms with van der Waals surface area (Å²) in [4.78, 5) is 58.8. The van der Waals surface area contributed by atoms with E-state index in [1.165, 1.54) is 24.2 Å². The third-order valence-corrected chi connectivity index (χ3v) is 8.81. The van der Waals surface area contributed by atoms with Gasteiger partial charge >= 0.3 is 12.2 Å². The highest BCUT2D eigenvalue weighted by molar-refractivity contribution is 6.06. The van der Waals surface area contributed by atoms with Crippen molar-refractivity contribution in [3.63, 3.8) is 0 Å². The van der Waals surface area contributed by atoms with Gasteiger partial charge in [-0.15, -0.1) is 0 Å². The minimum atomic E-state index is -5.04. The summed E-state index contributed by atoms with van der Waals surface area (Å²) in [6.45, 7) is 3.40. The molecule has 2 aromatic heterocycles. The lowest BCUT2D eigenvalue weighted by Crippen LogP contribution is -2.52. The summed E-state index contributed by atoms with van der Waals surface area (Å²) >= 11 is 0. The molecule has 6 rings (SSSR count). The minimum absolute atomic E-state index is 0.0272. The first-order valence-corrected chi connectivity index (χ1v) is 17.0. The summed E-state index contributed by atoms with van der Waals surface area (Å²) in [5, 5.41) is 12.2. The lowest BCUT2D eigenvalue weighted by atomic mass is 10.0. The van der Waals surface area contributed by atoms with Crippen molar-refractivity contribution in [1.82, 2.24) is 25.5 Å². The van der Waals surface area contributed by atoms with E-state index in [4.69, 9.17) is 13.9 Å². The van der Waals surface area contributed by atoms with Gasteiger partial charge in [-0.2, -0.15) is 13.2 Å². The molecule has 1 saturated heterocycles. The summed E-state index contributed by atoms with van der Waals surface area (Å²) in [5.74, 6) is -3.88. The van der Waals surface area contributed by atoms with Crippen LogP contribution in [-0.2, 0) is 25.6 Å². The van der Waals surface area contributed by atoms with E-state index in [-0.39, 0.29) is 67.0 Å². The number of hydrogen-bond donors (Lipinski definition) is 5. The van der Waals surface area contributed by atoms with Crippen molar-refractivity contribution in [2.24, 2.45) is 0 Å². The number of aryl methyl sites for hydroxylation is 1. The van der Waals surface area contributed by atoms with Crippen LogP contribution in [0.3, 0.4) is 0 Å². The number of aromatic nitrogens is 2. The van der Waals surface area contributed by atoms with Crippen LogP contribution in [0.2, 0.25) is 0 Å². The van der Waals surface area contributed by atoms with Crippen molar-refractivity contribution in [2.75, 3.05) is 55.5 Å². The normalized spacial score (nSPS) is 16.2. The fraction of sp³-hybridized carbons (Fsp3) is 0.371. The number of carbonyl (C=O) groups excluding carboxylic acids is 4. The predicted molar refractivity (Wildman–Crippen MR) is 185 cm³/mol. The number of halogens is 5. The van der Waals surface area contributed by atoms with Crippen LogP contribution >= 0.6 is 0 Å². The molecule has 0 spiro atoms. The second-order valence-corrected chi connectivity index (χ2v) is 12.5. The Kier molecular flexibility index (Phi) is 11.7. The number of rotatable bonds is 15. The van der Waals surface area contributed by atoms with Crippen molar-refractivity contribution < 1.29 is 55.0 Å². The standard InChI is InChI=1S/C35H35F5N8O7/c1-18-22-13-19(36)14-24(37)29(22)55-28(18)30(35(38,39)40)47-34(52)45-20-15-43-33(44-16-20)42-8-10-54-12-11-53-9-7-41-25-4-2-3-21-23(25)17-48(32(21)51)26-5-6-27(49)46-31(26)50/h2-4,13-16,26,30,41H,5-12,17H2,1H3,(H,42,43,44)(H2,45,47,52)(H,46,49,50)/t26?,30-/m1/s1. The van der Waals surface area contributed by atoms with Gasteiger partial charge in [0.05, 0.1) is 44.5 Å². The fourth-order valence-corrected chi connectivity index (χ4v) is 6.18. The monoisotopic (exact) mass is 774 g/mol. The van der Waals surface area contributed by atoms with Gasteiger partial charge < -0.3 is 40.1 Å². The number of ether oxygens (including phenoxy) is 2. The fourth-order valence-electron chi connectivity index (χ4n) is 6.18.